The molecule has 0 aliphatic carbocycles. The molecule has 0 saturated heterocycles. The van der Waals surface area contributed by atoms with E-state index >= 15 is 0 Å². The van der Waals surface area contributed by atoms with Crippen LogP contribution in [0.1, 0.15) is 16.8 Å². The lowest BCUT2D eigenvalue weighted by atomic mass is 10.1. The van der Waals surface area contributed by atoms with Crippen LogP contribution in [-0.4, -0.2) is 18.4 Å². The summed E-state index contributed by atoms with van der Waals surface area (Å²) in [4.78, 5) is 23.1. The molecule has 0 fully saturated rings. The number of fused-ring (bicyclic) bond motifs is 1. The second-order valence-electron chi connectivity index (χ2n) is 3.98. The molecule has 2 aromatic carbocycles. The van der Waals surface area contributed by atoms with Gasteiger partial charge in [-0.05, 0) is 22.9 Å². The molecule has 4 nitrogen and oxygen atoms in total. The summed E-state index contributed by atoms with van der Waals surface area (Å²) in [6, 6.07) is 13.1. The summed E-state index contributed by atoms with van der Waals surface area (Å²) in [6.45, 7) is 0.233. The van der Waals surface area contributed by atoms with E-state index in [-0.39, 0.29) is 24.8 Å². The van der Waals surface area contributed by atoms with Crippen molar-refractivity contribution in [1.29, 1.82) is 0 Å². The van der Waals surface area contributed by atoms with Gasteiger partial charge in [0.05, 0.1) is 0 Å². The first kappa shape index (κ1) is 12.3. The number of carbonyl (C=O) groups is 2. The monoisotopic (exact) mass is 242 g/mol. The largest absolute Gasteiger partial charge is 0.330 e. The normalized spacial score (nSPS) is 10.3. The van der Waals surface area contributed by atoms with Crippen LogP contribution in [0.5, 0.6) is 0 Å². The maximum atomic E-state index is 11.8. The Labute approximate surface area is 105 Å². The molecule has 2 rings (SSSR count). The summed E-state index contributed by atoms with van der Waals surface area (Å²) in [5, 5.41) is 4.33. The van der Waals surface area contributed by atoms with Crippen LogP contribution in [-0.2, 0) is 4.79 Å². The van der Waals surface area contributed by atoms with Crippen molar-refractivity contribution >= 4 is 22.6 Å². The summed E-state index contributed by atoms with van der Waals surface area (Å²) in [6.07, 6.45) is 0.152. The summed E-state index contributed by atoms with van der Waals surface area (Å²) in [7, 11) is 0. The molecule has 0 aliphatic heterocycles. The molecule has 92 valence electrons. The maximum absolute atomic E-state index is 11.8. The highest BCUT2D eigenvalue weighted by Gasteiger charge is 2.09. The van der Waals surface area contributed by atoms with E-state index in [1.807, 2.05) is 30.3 Å². The second kappa shape index (κ2) is 5.42. The van der Waals surface area contributed by atoms with Crippen molar-refractivity contribution in [3.05, 3.63) is 48.0 Å². The van der Waals surface area contributed by atoms with Gasteiger partial charge in [0, 0.05) is 18.5 Å². The predicted molar refractivity (Wildman–Crippen MR) is 70.1 cm³/mol. The third-order valence-corrected chi connectivity index (χ3v) is 2.64. The van der Waals surface area contributed by atoms with Crippen molar-refractivity contribution in [2.24, 2.45) is 5.73 Å². The Morgan fingerprint density at radius 1 is 1.06 bits per heavy atom. The van der Waals surface area contributed by atoms with E-state index in [0.717, 1.165) is 10.8 Å². The second-order valence-corrected chi connectivity index (χ2v) is 3.98. The molecule has 18 heavy (non-hydrogen) atoms. The first-order valence-electron chi connectivity index (χ1n) is 5.74. The average molecular weight is 242 g/mol. The van der Waals surface area contributed by atoms with Gasteiger partial charge in [0.15, 0.2) is 0 Å². The highest BCUT2D eigenvalue weighted by molar-refractivity contribution is 6.06. The lowest BCUT2D eigenvalue weighted by molar-refractivity contribution is -0.119. The van der Waals surface area contributed by atoms with Crippen LogP contribution in [0.3, 0.4) is 0 Å². The molecule has 0 spiro atoms. The van der Waals surface area contributed by atoms with Crippen LogP contribution >= 0.6 is 0 Å². The Hall–Kier alpha value is -2.20. The maximum Gasteiger partial charge on any atom is 0.257 e. The van der Waals surface area contributed by atoms with Crippen molar-refractivity contribution in [2.45, 2.75) is 6.42 Å². The Balaban J connectivity index is 2.20. The number of nitrogens with two attached hydrogens (primary N) is 1. The van der Waals surface area contributed by atoms with Crippen LogP contribution in [0.2, 0.25) is 0 Å². The number of imide groups is 1. The highest BCUT2D eigenvalue weighted by Crippen LogP contribution is 2.15. The van der Waals surface area contributed by atoms with Gasteiger partial charge in [-0.2, -0.15) is 0 Å². The van der Waals surface area contributed by atoms with Gasteiger partial charge in [0.1, 0.15) is 0 Å². The fourth-order valence-electron chi connectivity index (χ4n) is 1.72. The Bertz CT molecular complexity index is 593. The van der Waals surface area contributed by atoms with Crippen molar-refractivity contribution in [3.8, 4) is 0 Å². The number of nitrogens with one attached hydrogen (secondary N) is 1. The van der Waals surface area contributed by atoms with Gasteiger partial charge < -0.3 is 5.73 Å². The minimum atomic E-state index is -0.390. The minimum Gasteiger partial charge on any atom is -0.330 e. The smallest absolute Gasteiger partial charge is 0.257 e. The zero-order valence-corrected chi connectivity index (χ0v) is 9.85. The third-order valence-electron chi connectivity index (χ3n) is 2.64. The van der Waals surface area contributed by atoms with Crippen molar-refractivity contribution in [1.82, 2.24) is 5.32 Å². The number of benzene rings is 2. The molecule has 0 bridgehead atoms. The summed E-state index contributed by atoms with van der Waals surface area (Å²) in [5.74, 6) is -0.741. The summed E-state index contributed by atoms with van der Waals surface area (Å²) < 4.78 is 0. The van der Waals surface area contributed by atoms with E-state index in [1.54, 1.807) is 12.1 Å². The number of rotatable bonds is 3. The van der Waals surface area contributed by atoms with Crippen molar-refractivity contribution in [3.63, 3.8) is 0 Å². The van der Waals surface area contributed by atoms with Gasteiger partial charge in [-0.3, -0.25) is 14.9 Å². The van der Waals surface area contributed by atoms with Crippen molar-refractivity contribution < 1.29 is 9.59 Å². The fourth-order valence-corrected chi connectivity index (χ4v) is 1.72. The molecule has 0 atom stereocenters. The van der Waals surface area contributed by atoms with Crippen LogP contribution in [0.4, 0.5) is 0 Å². The standard InChI is InChI=1S/C14H14N2O2/c15-8-7-13(17)16-14(18)12-6-5-10-3-1-2-4-11(10)9-12/h1-6,9H,7-8,15H2,(H,16,17,18). The Kier molecular flexibility index (Phi) is 3.69. The molecule has 0 aliphatic rings. The van der Waals surface area contributed by atoms with Gasteiger partial charge in [-0.1, -0.05) is 30.3 Å². The summed E-state index contributed by atoms with van der Waals surface area (Å²) in [5.41, 5.74) is 5.72. The first-order chi connectivity index (χ1) is 8.70. The van der Waals surface area contributed by atoms with E-state index < -0.39 is 0 Å². The molecular formula is C14H14N2O2. The molecular weight excluding hydrogens is 228 g/mol. The van der Waals surface area contributed by atoms with Gasteiger partial charge in [0.2, 0.25) is 5.91 Å². The van der Waals surface area contributed by atoms with Crippen LogP contribution in [0, 0.1) is 0 Å². The van der Waals surface area contributed by atoms with Gasteiger partial charge in [-0.15, -0.1) is 0 Å². The zero-order chi connectivity index (χ0) is 13.0. The molecule has 0 saturated carbocycles. The average Bonchev–Trinajstić information content (AvgIpc) is 2.38. The Morgan fingerprint density at radius 2 is 1.78 bits per heavy atom. The number of hydrogen-bond donors (Lipinski definition) is 2. The van der Waals surface area contributed by atoms with Crippen LogP contribution in [0.25, 0.3) is 10.8 Å². The Morgan fingerprint density at radius 3 is 2.50 bits per heavy atom. The summed E-state index contributed by atoms with van der Waals surface area (Å²) >= 11 is 0. The number of hydrogen-bond acceptors (Lipinski definition) is 3. The number of carbonyl (C=O) groups excluding carboxylic acids is 2. The fraction of sp³-hybridized carbons (Fsp3) is 0.143. The van der Waals surface area contributed by atoms with Gasteiger partial charge in [-0.25, -0.2) is 0 Å². The molecule has 4 heteroatoms. The van der Waals surface area contributed by atoms with Crippen LogP contribution in [0.15, 0.2) is 42.5 Å². The van der Waals surface area contributed by atoms with Crippen molar-refractivity contribution in [2.75, 3.05) is 6.54 Å². The first-order valence-corrected chi connectivity index (χ1v) is 5.74. The van der Waals surface area contributed by atoms with E-state index in [9.17, 15) is 9.59 Å². The van der Waals surface area contributed by atoms with E-state index in [0.29, 0.717) is 5.56 Å². The molecule has 2 amide bonds. The molecule has 0 radical (unpaired) electrons. The number of amides is 2. The quantitative estimate of drug-likeness (QED) is 0.855. The highest BCUT2D eigenvalue weighted by atomic mass is 16.2. The van der Waals surface area contributed by atoms with E-state index in [1.165, 1.54) is 0 Å². The molecule has 0 aromatic heterocycles. The predicted octanol–water partition coefficient (Wildman–Crippen LogP) is 1.45. The molecule has 2 aromatic rings. The molecule has 0 unspecified atom stereocenters. The van der Waals surface area contributed by atoms with Gasteiger partial charge >= 0.3 is 0 Å². The van der Waals surface area contributed by atoms with Gasteiger partial charge in [0.25, 0.3) is 5.91 Å². The zero-order valence-electron chi connectivity index (χ0n) is 9.85. The SMILES string of the molecule is NCCC(=O)NC(=O)c1ccc2ccccc2c1. The topological polar surface area (TPSA) is 72.2 Å². The third kappa shape index (κ3) is 2.73. The lowest BCUT2D eigenvalue weighted by Gasteiger charge is -2.04. The molecule has 0 heterocycles. The minimum absolute atomic E-state index is 0.152. The molecule has 3 N–H and O–H groups in total. The lowest BCUT2D eigenvalue weighted by Crippen LogP contribution is -2.31. The van der Waals surface area contributed by atoms with E-state index in [4.69, 9.17) is 5.73 Å². The van der Waals surface area contributed by atoms with E-state index in [2.05, 4.69) is 5.32 Å². The van der Waals surface area contributed by atoms with Crippen LogP contribution < -0.4 is 11.1 Å².